The number of hydrogen-bond acceptors (Lipinski definition) is 3. The molecule has 0 fully saturated rings. The van der Waals surface area contributed by atoms with Gasteiger partial charge in [0.1, 0.15) is 0 Å². The van der Waals surface area contributed by atoms with Crippen LogP contribution in [0.3, 0.4) is 0 Å². The molecule has 0 bridgehead atoms. The lowest BCUT2D eigenvalue weighted by Crippen LogP contribution is -2.52. The lowest BCUT2D eigenvalue weighted by molar-refractivity contribution is -0.242. The van der Waals surface area contributed by atoms with Gasteiger partial charge in [-0.1, -0.05) is 47.5 Å². The Morgan fingerprint density at radius 2 is 1.52 bits per heavy atom. The number of benzene rings is 2. The first-order chi connectivity index (χ1) is 11.5. The summed E-state index contributed by atoms with van der Waals surface area (Å²) in [5.74, 6) is -1.59. The predicted octanol–water partition coefficient (Wildman–Crippen LogP) is 4.51. The topological polar surface area (TPSA) is 75.3 Å². The minimum atomic E-state index is -5.06. The second-order valence-electron chi connectivity index (χ2n) is 5.03. The molecule has 0 heterocycles. The maximum Gasteiger partial charge on any atom is 0.426 e. The molecule has 136 valence electrons. The van der Waals surface area contributed by atoms with Gasteiger partial charge in [-0.25, -0.2) is 0 Å². The van der Waals surface area contributed by atoms with Crippen molar-refractivity contribution in [3.63, 3.8) is 0 Å². The fraction of sp³-hybridized carbons (Fsp3) is 0.188. The van der Waals surface area contributed by atoms with Gasteiger partial charge in [-0.2, -0.15) is 13.2 Å². The van der Waals surface area contributed by atoms with E-state index >= 15 is 0 Å². The molecular formula is C16H15Cl2F3N2O2. The lowest BCUT2D eigenvalue weighted by atomic mass is 10.1. The Morgan fingerprint density at radius 3 is 1.92 bits per heavy atom. The monoisotopic (exact) mass is 394 g/mol. The number of anilines is 2. The summed E-state index contributed by atoms with van der Waals surface area (Å²) in [7, 11) is 0. The zero-order chi connectivity index (χ0) is 19.3. The number of carbonyl (C=O) groups excluding carboxylic acids is 1. The van der Waals surface area contributed by atoms with Crippen LogP contribution in [-0.4, -0.2) is 22.8 Å². The number of alkyl halides is 3. The second-order valence-corrected chi connectivity index (χ2v) is 5.84. The van der Waals surface area contributed by atoms with Crippen LogP contribution >= 0.6 is 23.2 Å². The van der Waals surface area contributed by atoms with Crippen molar-refractivity contribution in [1.82, 2.24) is 0 Å². The summed E-state index contributed by atoms with van der Waals surface area (Å²) in [6, 6.07) is 13.0. The SMILES string of the molecule is C[C@@](O)(C(=O)Nc1ccccc1Cl)C(F)(F)F.Nc1ccccc1Cl. The van der Waals surface area contributed by atoms with Crippen molar-refractivity contribution in [2.24, 2.45) is 0 Å². The van der Waals surface area contributed by atoms with Crippen LogP contribution in [0.25, 0.3) is 0 Å². The number of carbonyl (C=O) groups is 1. The standard InChI is InChI=1S/C10H9ClF3NO2.C6H6ClN/c1-9(17,10(12,13)14)8(16)15-7-5-3-2-4-6(7)11;7-5-3-1-2-4-6(5)8/h2-5,17H,1H3,(H,15,16);1-4H,8H2/t9-;/m1./s1. The molecule has 0 saturated carbocycles. The molecule has 0 aliphatic rings. The lowest BCUT2D eigenvalue weighted by Gasteiger charge is -2.25. The molecule has 0 radical (unpaired) electrons. The van der Waals surface area contributed by atoms with Gasteiger partial charge < -0.3 is 16.2 Å². The zero-order valence-electron chi connectivity index (χ0n) is 12.9. The van der Waals surface area contributed by atoms with Crippen molar-refractivity contribution < 1.29 is 23.1 Å². The van der Waals surface area contributed by atoms with E-state index in [1.165, 1.54) is 18.2 Å². The predicted molar refractivity (Wildman–Crippen MR) is 92.6 cm³/mol. The van der Waals surface area contributed by atoms with E-state index in [-0.39, 0.29) is 10.7 Å². The minimum Gasteiger partial charge on any atom is -0.398 e. The molecule has 0 unspecified atom stereocenters. The van der Waals surface area contributed by atoms with Crippen LogP contribution in [0.15, 0.2) is 48.5 Å². The third-order valence-electron chi connectivity index (χ3n) is 3.02. The Labute approximate surface area is 152 Å². The highest BCUT2D eigenvalue weighted by Crippen LogP contribution is 2.31. The number of rotatable bonds is 2. The molecule has 0 aliphatic heterocycles. The summed E-state index contributed by atoms with van der Waals surface area (Å²) in [5.41, 5.74) is 2.56. The Hall–Kier alpha value is -1.96. The number of aliphatic hydroxyl groups is 1. The Kier molecular flexibility index (Phi) is 7.10. The molecular weight excluding hydrogens is 380 g/mol. The molecule has 0 saturated heterocycles. The third kappa shape index (κ3) is 5.81. The van der Waals surface area contributed by atoms with E-state index in [1.807, 2.05) is 17.4 Å². The summed E-state index contributed by atoms with van der Waals surface area (Å²) in [6.45, 7) is 0.374. The van der Waals surface area contributed by atoms with Gasteiger partial charge in [0.25, 0.3) is 5.91 Å². The van der Waals surface area contributed by atoms with Gasteiger partial charge in [0.2, 0.25) is 5.60 Å². The molecule has 0 aliphatic carbocycles. The molecule has 1 amide bonds. The first-order valence-electron chi connectivity index (χ1n) is 6.82. The summed E-state index contributed by atoms with van der Waals surface area (Å²) < 4.78 is 37.0. The summed E-state index contributed by atoms with van der Waals surface area (Å²) >= 11 is 11.2. The molecule has 2 aromatic rings. The normalized spacial score (nSPS) is 13.2. The van der Waals surface area contributed by atoms with Crippen molar-refractivity contribution in [1.29, 1.82) is 0 Å². The van der Waals surface area contributed by atoms with E-state index in [1.54, 1.807) is 18.2 Å². The van der Waals surface area contributed by atoms with Gasteiger partial charge >= 0.3 is 6.18 Å². The maximum absolute atomic E-state index is 12.3. The highest BCUT2D eigenvalue weighted by molar-refractivity contribution is 6.33. The number of nitrogens with one attached hydrogen (secondary N) is 1. The maximum atomic E-state index is 12.3. The van der Waals surface area contributed by atoms with Crippen LogP contribution in [0.5, 0.6) is 0 Å². The second kappa shape index (κ2) is 8.42. The molecule has 2 aromatic carbocycles. The summed E-state index contributed by atoms with van der Waals surface area (Å²) in [5, 5.41) is 11.7. The fourth-order valence-corrected chi connectivity index (χ4v) is 1.73. The molecule has 4 N–H and O–H groups in total. The van der Waals surface area contributed by atoms with E-state index in [4.69, 9.17) is 34.0 Å². The van der Waals surface area contributed by atoms with Gasteiger partial charge in [-0.15, -0.1) is 0 Å². The van der Waals surface area contributed by atoms with Gasteiger partial charge in [-0.3, -0.25) is 4.79 Å². The molecule has 25 heavy (non-hydrogen) atoms. The zero-order valence-corrected chi connectivity index (χ0v) is 14.5. The fourth-order valence-electron chi connectivity index (χ4n) is 1.41. The van der Waals surface area contributed by atoms with Crippen molar-refractivity contribution in [2.75, 3.05) is 11.1 Å². The van der Waals surface area contributed by atoms with Crippen LogP contribution < -0.4 is 11.1 Å². The highest BCUT2D eigenvalue weighted by Gasteiger charge is 2.55. The van der Waals surface area contributed by atoms with Crippen molar-refractivity contribution in [2.45, 2.75) is 18.7 Å². The molecule has 4 nitrogen and oxygen atoms in total. The number of nitrogen functional groups attached to an aromatic ring is 1. The molecule has 0 spiro atoms. The quantitative estimate of drug-likeness (QED) is 0.655. The van der Waals surface area contributed by atoms with E-state index in [0.29, 0.717) is 17.6 Å². The van der Waals surface area contributed by atoms with Crippen molar-refractivity contribution >= 4 is 40.5 Å². The molecule has 1 atom stereocenters. The average Bonchev–Trinajstić information content (AvgIpc) is 2.52. The van der Waals surface area contributed by atoms with Gasteiger partial charge in [0.15, 0.2) is 0 Å². The number of para-hydroxylation sites is 2. The highest BCUT2D eigenvalue weighted by atomic mass is 35.5. The number of hydrogen-bond donors (Lipinski definition) is 3. The first kappa shape index (κ1) is 21.1. The molecule has 2 rings (SSSR count). The number of halogens is 5. The smallest absolute Gasteiger partial charge is 0.398 e. The Morgan fingerprint density at radius 1 is 1.04 bits per heavy atom. The van der Waals surface area contributed by atoms with Crippen molar-refractivity contribution in [3.8, 4) is 0 Å². The van der Waals surface area contributed by atoms with Crippen LogP contribution in [0.4, 0.5) is 24.5 Å². The van der Waals surface area contributed by atoms with Crippen LogP contribution in [0.1, 0.15) is 6.92 Å². The molecule has 9 heteroatoms. The Bertz CT molecular complexity index is 716. The van der Waals surface area contributed by atoms with E-state index in [2.05, 4.69) is 0 Å². The largest absolute Gasteiger partial charge is 0.426 e. The van der Waals surface area contributed by atoms with E-state index in [0.717, 1.165) is 0 Å². The average molecular weight is 395 g/mol. The van der Waals surface area contributed by atoms with Crippen molar-refractivity contribution in [3.05, 3.63) is 58.6 Å². The summed E-state index contributed by atoms with van der Waals surface area (Å²) in [4.78, 5) is 11.3. The van der Waals surface area contributed by atoms with Crippen LogP contribution in [0.2, 0.25) is 10.0 Å². The van der Waals surface area contributed by atoms with E-state index < -0.39 is 17.7 Å². The first-order valence-corrected chi connectivity index (χ1v) is 7.57. The van der Waals surface area contributed by atoms with Crippen LogP contribution in [0, 0.1) is 0 Å². The summed E-state index contributed by atoms with van der Waals surface area (Å²) in [6.07, 6.45) is -5.06. The van der Waals surface area contributed by atoms with Gasteiger partial charge in [0.05, 0.1) is 21.4 Å². The van der Waals surface area contributed by atoms with Gasteiger partial charge in [0, 0.05) is 0 Å². The number of amides is 1. The van der Waals surface area contributed by atoms with Gasteiger partial charge in [-0.05, 0) is 31.2 Å². The third-order valence-corrected chi connectivity index (χ3v) is 3.70. The Balaban J connectivity index is 0.000000324. The van der Waals surface area contributed by atoms with Crippen LogP contribution in [-0.2, 0) is 4.79 Å². The van der Waals surface area contributed by atoms with E-state index in [9.17, 15) is 18.0 Å². The molecule has 0 aromatic heterocycles. The number of nitrogens with two attached hydrogens (primary N) is 1. The minimum absolute atomic E-state index is 0.00342.